The van der Waals surface area contributed by atoms with E-state index in [1.54, 1.807) is 7.11 Å². The number of amides is 2. The van der Waals surface area contributed by atoms with Crippen LogP contribution in [0, 0.1) is 0 Å². The maximum atomic E-state index is 12.4. The molecule has 0 spiro atoms. The normalized spacial score (nSPS) is 20.4. The Labute approximate surface area is 201 Å². The van der Waals surface area contributed by atoms with Gasteiger partial charge in [-0.25, -0.2) is 0 Å². The lowest BCUT2D eigenvalue weighted by Gasteiger charge is -2.44. The second-order valence-corrected chi connectivity index (χ2v) is 10.00. The Morgan fingerprint density at radius 1 is 1.12 bits per heavy atom. The van der Waals surface area contributed by atoms with Gasteiger partial charge >= 0.3 is 0 Å². The van der Waals surface area contributed by atoms with Crippen LogP contribution in [0.25, 0.3) is 0 Å². The van der Waals surface area contributed by atoms with E-state index in [9.17, 15) is 9.59 Å². The van der Waals surface area contributed by atoms with Gasteiger partial charge in [-0.1, -0.05) is 18.2 Å². The third kappa shape index (κ3) is 7.05. The van der Waals surface area contributed by atoms with E-state index in [4.69, 9.17) is 4.74 Å². The van der Waals surface area contributed by atoms with Crippen LogP contribution in [0.4, 0.5) is 0 Å². The Morgan fingerprint density at radius 3 is 2.55 bits per heavy atom. The van der Waals surface area contributed by atoms with Gasteiger partial charge in [-0.05, 0) is 81.8 Å². The number of benzene rings is 1. The molecule has 0 atom stereocenters. The zero-order valence-corrected chi connectivity index (χ0v) is 20.9. The molecule has 2 N–H and O–H groups in total. The lowest BCUT2D eigenvalue weighted by molar-refractivity contribution is -0.123. The molecule has 2 amide bonds. The molecular formula is C26H37N3O3S. The minimum atomic E-state index is -0.00456. The first-order chi connectivity index (χ1) is 15.9. The summed E-state index contributed by atoms with van der Waals surface area (Å²) >= 11 is 1.82. The van der Waals surface area contributed by atoms with Crippen molar-refractivity contribution in [2.75, 3.05) is 27.7 Å². The summed E-state index contributed by atoms with van der Waals surface area (Å²) in [6.07, 6.45) is 6.13. The van der Waals surface area contributed by atoms with Crippen molar-refractivity contribution in [2.24, 2.45) is 0 Å². The monoisotopic (exact) mass is 471 g/mol. The van der Waals surface area contributed by atoms with Crippen molar-refractivity contribution in [2.45, 2.75) is 62.9 Å². The highest BCUT2D eigenvalue weighted by Gasteiger charge is 2.39. The third-order valence-corrected chi connectivity index (χ3v) is 7.75. The fourth-order valence-electron chi connectivity index (χ4n) is 4.67. The first-order valence-corrected chi connectivity index (χ1v) is 12.7. The van der Waals surface area contributed by atoms with Gasteiger partial charge in [0.2, 0.25) is 11.8 Å². The van der Waals surface area contributed by atoms with Crippen molar-refractivity contribution < 1.29 is 14.3 Å². The van der Waals surface area contributed by atoms with Crippen LogP contribution in [0.1, 0.15) is 55.4 Å². The molecule has 1 fully saturated rings. The van der Waals surface area contributed by atoms with Gasteiger partial charge in [0.05, 0.1) is 12.6 Å². The average Bonchev–Trinajstić information content (AvgIpc) is 3.35. The van der Waals surface area contributed by atoms with Crippen molar-refractivity contribution in [3.63, 3.8) is 0 Å². The van der Waals surface area contributed by atoms with E-state index in [1.165, 1.54) is 4.88 Å². The fourth-order valence-corrected chi connectivity index (χ4v) is 5.74. The molecule has 3 rings (SSSR count). The predicted molar refractivity (Wildman–Crippen MR) is 134 cm³/mol. The number of hydrogen-bond acceptors (Lipinski definition) is 5. The van der Waals surface area contributed by atoms with E-state index in [-0.39, 0.29) is 23.4 Å². The van der Waals surface area contributed by atoms with Crippen LogP contribution >= 0.6 is 11.3 Å². The molecule has 7 heteroatoms. The molecule has 180 valence electrons. The summed E-state index contributed by atoms with van der Waals surface area (Å²) in [5, 5.41) is 8.28. The lowest BCUT2D eigenvalue weighted by Crippen LogP contribution is -2.48. The van der Waals surface area contributed by atoms with E-state index >= 15 is 0 Å². The quantitative estimate of drug-likeness (QED) is 0.518. The highest BCUT2D eigenvalue weighted by molar-refractivity contribution is 7.10. The first kappa shape index (κ1) is 25.2. The zero-order chi connectivity index (χ0) is 23.7. The standard InChI is InChI=1S/C26H37N3O3S/c1-29(2)26(23-9-6-18-33-23)15-12-21(13-16-26)28-25(31)11-5-10-24(30)27-17-14-20-7-4-8-22(19-20)32-3/h4,6-9,18-19,21H,5,10-17H2,1-3H3,(H,27,30)(H,28,31). The molecule has 1 saturated carbocycles. The van der Waals surface area contributed by atoms with Crippen molar-refractivity contribution in [1.29, 1.82) is 0 Å². The second-order valence-electron chi connectivity index (χ2n) is 9.05. The van der Waals surface area contributed by atoms with E-state index in [2.05, 4.69) is 47.1 Å². The molecule has 0 radical (unpaired) electrons. The van der Waals surface area contributed by atoms with Crippen molar-refractivity contribution in [3.05, 3.63) is 52.2 Å². The summed E-state index contributed by atoms with van der Waals surface area (Å²) in [4.78, 5) is 28.3. The van der Waals surface area contributed by atoms with Crippen LogP contribution in [0.5, 0.6) is 5.75 Å². The van der Waals surface area contributed by atoms with E-state index in [0.717, 1.165) is 43.4 Å². The Morgan fingerprint density at radius 2 is 1.88 bits per heavy atom. The van der Waals surface area contributed by atoms with Crippen LogP contribution in [0.2, 0.25) is 0 Å². The Hall–Kier alpha value is -2.38. The number of thiophene rings is 1. The molecule has 6 nitrogen and oxygen atoms in total. The highest BCUT2D eigenvalue weighted by Crippen LogP contribution is 2.43. The molecule has 0 saturated heterocycles. The summed E-state index contributed by atoms with van der Waals surface area (Å²) in [6.45, 7) is 0.581. The Balaban J connectivity index is 1.32. The maximum absolute atomic E-state index is 12.4. The second kappa shape index (κ2) is 12.2. The average molecular weight is 472 g/mol. The van der Waals surface area contributed by atoms with Gasteiger partial charge in [0.1, 0.15) is 5.75 Å². The molecule has 1 aromatic heterocycles. The van der Waals surface area contributed by atoms with Gasteiger partial charge in [0.15, 0.2) is 0 Å². The van der Waals surface area contributed by atoms with Gasteiger partial charge in [-0.2, -0.15) is 0 Å². The van der Waals surface area contributed by atoms with E-state index < -0.39 is 0 Å². The Kier molecular flexibility index (Phi) is 9.32. The molecule has 2 aromatic rings. The zero-order valence-electron chi connectivity index (χ0n) is 20.1. The summed E-state index contributed by atoms with van der Waals surface area (Å²) in [6, 6.07) is 12.4. The van der Waals surface area contributed by atoms with E-state index in [0.29, 0.717) is 25.8 Å². The van der Waals surface area contributed by atoms with Crippen LogP contribution in [0.15, 0.2) is 41.8 Å². The summed E-state index contributed by atoms with van der Waals surface area (Å²) in [5.74, 6) is 0.870. The fraction of sp³-hybridized carbons (Fsp3) is 0.538. The summed E-state index contributed by atoms with van der Waals surface area (Å²) in [7, 11) is 5.95. The minimum absolute atomic E-state index is 0.00456. The predicted octanol–water partition coefficient (Wildman–Crippen LogP) is 4.10. The van der Waals surface area contributed by atoms with Gasteiger partial charge in [0.25, 0.3) is 0 Å². The minimum Gasteiger partial charge on any atom is -0.497 e. The number of methoxy groups -OCH3 is 1. The third-order valence-electron chi connectivity index (χ3n) is 6.69. The maximum Gasteiger partial charge on any atom is 0.220 e. The molecule has 1 aliphatic rings. The number of carbonyl (C=O) groups is 2. The molecule has 1 aliphatic carbocycles. The van der Waals surface area contributed by atoms with Crippen molar-refractivity contribution >= 4 is 23.2 Å². The SMILES string of the molecule is COc1cccc(CCNC(=O)CCCC(=O)NC2CCC(c3cccs3)(N(C)C)CC2)c1. The number of nitrogens with one attached hydrogen (secondary N) is 2. The van der Waals surface area contributed by atoms with Gasteiger partial charge in [-0.3, -0.25) is 14.5 Å². The molecular weight excluding hydrogens is 434 g/mol. The van der Waals surface area contributed by atoms with Crippen molar-refractivity contribution in [3.8, 4) is 5.75 Å². The van der Waals surface area contributed by atoms with Gasteiger partial charge in [0, 0.05) is 30.3 Å². The number of rotatable bonds is 11. The highest BCUT2D eigenvalue weighted by atomic mass is 32.1. The number of hydrogen-bond donors (Lipinski definition) is 2. The summed E-state index contributed by atoms with van der Waals surface area (Å²) in [5.41, 5.74) is 1.21. The molecule has 0 bridgehead atoms. The van der Waals surface area contributed by atoms with Gasteiger partial charge < -0.3 is 15.4 Å². The topological polar surface area (TPSA) is 70.7 Å². The molecule has 0 unspecified atom stereocenters. The number of ether oxygens (including phenoxy) is 1. The van der Waals surface area contributed by atoms with Gasteiger partial charge in [-0.15, -0.1) is 11.3 Å². The first-order valence-electron chi connectivity index (χ1n) is 11.8. The Bertz CT molecular complexity index is 890. The molecule has 33 heavy (non-hydrogen) atoms. The largest absolute Gasteiger partial charge is 0.497 e. The number of nitrogens with zero attached hydrogens (tertiary/aromatic N) is 1. The van der Waals surface area contributed by atoms with Crippen LogP contribution in [-0.4, -0.2) is 50.5 Å². The van der Waals surface area contributed by atoms with E-state index in [1.807, 2.05) is 35.6 Å². The molecule has 1 aromatic carbocycles. The number of carbonyl (C=O) groups excluding carboxylic acids is 2. The van der Waals surface area contributed by atoms with Crippen LogP contribution in [0.3, 0.4) is 0 Å². The lowest BCUT2D eigenvalue weighted by atomic mass is 9.77. The van der Waals surface area contributed by atoms with Crippen molar-refractivity contribution in [1.82, 2.24) is 15.5 Å². The molecule has 0 aliphatic heterocycles. The smallest absolute Gasteiger partial charge is 0.220 e. The summed E-state index contributed by atoms with van der Waals surface area (Å²) < 4.78 is 5.22. The van der Waals surface area contributed by atoms with Crippen LogP contribution in [-0.2, 0) is 21.5 Å². The van der Waals surface area contributed by atoms with Crippen LogP contribution < -0.4 is 15.4 Å². The molecule has 1 heterocycles.